The maximum absolute atomic E-state index is 12.2. The lowest BCUT2D eigenvalue weighted by molar-refractivity contribution is -0.155. The number of carbonyl (C=O) groups excluding carboxylic acids is 2. The molecule has 0 aromatic heterocycles. The van der Waals surface area contributed by atoms with Gasteiger partial charge in [0.25, 0.3) is 0 Å². The lowest BCUT2D eigenvalue weighted by Crippen LogP contribution is -2.67. The van der Waals surface area contributed by atoms with Gasteiger partial charge in [-0.3, -0.25) is 9.59 Å². The van der Waals surface area contributed by atoms with Crippen LogP contribution in [0.5, 0.6) is 0 Å². The fourth-order valence-corrected chi connectivity index (χ4v) is 2.65. The molecule has 1 aliphatic rings. The number of carbonyl (C=O) groups is 2. The first kappa shape index (κ1) is 17.0. The van der Waals surface area contributed by atoms with Crippen molar-refractivity contribution in [3.63, 3.8) is 0 Å². The molecule has 5 heteroatoms. The summed E-state index contributed by atoms with van der Waals surface area (Å²) >= 11 is 0. The van der Waals surface area contributed by atoms with Gasteiger partial charge in [-0.15, -0.1) is 0 Å². The van der Waals surface area contributed by atoms with Gasteiger partial charge in [0.2, 0.25) is 11.8 Å². The molecule has 0 aromatic carbocycles. The second-order valence-corrected chi connectivity index (χ2v) is 5.76. The molecule has 0 atom stereocenters. The van der Waals surface area contributed by atoms with E-state index in [9.17, 15) is 9.59 Å². The first-order chi connectivity index (χ1) is 9.47. The Hall–Kier alpha value is -1.10. The third-order valence-corrected chi connectivity index (χ3v) is 4.11. The normalized spacial score (nSPS) is 18.6. The molecule has 0 unspecified atom stereocenters. The second kappa shape index (κ2) is 7.62. The van der Waals surface area contributed by atoms with E-state index in [-0.39, 0.29) is 18.4 Å². The van der Waals surface area contributed by atoms with Crippen molar-refractivity contribution in [2.45, 2.75) is 52.5 Å². The summed E-state index contributed by atoms with van der Waals surface area (Å²) in [4.78, 5) is 26.0. The summed E-state index contributed by atoms with van der Waals surface area (Å²) in [5.74, 6) is 0.563. The number of rotatable bonds is 8. The largest absolute Gasteiger partial charge is 0.380 e. The van der Waals surface area contributed by atoms with Crippen LogP contribution in [0.4, 0.5) is 0 Å². The minimum Gasteiger partial charge on any atom is -0.380 e. The molecule has 1 saturated heterocycles. The highest BCUT2D eigenvalue weighted by molar-refractivity contribution is 5.97. The third kappa shape index (κ3) is 3.72. The predicted octanol–water partition coefficient (Wildman–Crippen LogP) is 1.57. The van der Waals surface area contributed by atoms with Crippen LogP contribution < -0.4 is 5.32 Å². The number of nitrogens with zero attached hydrogens (tertiary/aromatic N) is 1. The van der Waals surface area contributed by atoms with Crippen LogP contribution in [-0.4, -0.2) is 48.6 Å². The maximum atomic E-state index is 12.2. The van der Waals surface area contributed by atoms with E-state index in [0.717, 1.165) is 6.42 Å². The molecule has 0 spiro atoms. The van der Waals surface area contributed by atoms with Crippen molar-refractivity contribution in [2.75, 3.05) is 26.3 Å². The Kier molecular flexibility index (Phi) is 6.46. The Labute approximate surface area is 122 Å². The van der Waals surface area contributed by atoms with Crippen molar-refractivity contribution in [1.29, 1.82) is 0 Å². The zero-order valence-electron chi connectivity index (χ0n) is 13.2. The number of piperazine rings is 1. The Balaban J connectivity index is 2.58. The molecule has 0 aliphatic carbocycles. The van der Waals surface area contributed by atoms with Gasteiger partial charge in [-0.1, -0.05) is 27.7 Å². The maximum Gasteiger partial charge on any atom is 0.246 e. The van der Waals surface area contributed by atoms with E-state index in [1.54, 1.807) is 4.90 Å². The lowest BCUT2D eigenvalue weighted by atomic mass is 9.87. The van der Waals surface area contributed by atoms with Crippen molar-refractivity contribution in [3.8, 4) is 0 Å². The van der Waals surface area contributed by atoms with Gasteiger partial charge in [0.1, 0.15) is 5.54 Å². The van der Waals surface area contributed by atoms with E-state index >= 15 is 0 Å². The molecule has 1 N–H and O–H groups in total. The van der Waals surface area contributed by atoms with Crippen molar-refractivity contribution < 1.29 is 14.3 Å². The van der Waals surface area contributed by atoms with Crippen LogP contribution in [0.25, 0.3) is 0 Å². The molecular weight excluding hydrogens is 256 g/mol. The average Bonchev–Trinajstić information content (AvgIpc) is 2.42. The zero-order chi connectivity index (χ0) is 15.2. The lowest BCUT2D eigenvalue weighted by Gasteiger charge is -2.45. The fourth-order valence-electron chi connectivity index (χ4n) is 2.65. The van der Waals surface area contributed by atoms with Crippen LogP contribution >= 0.6 is 0 Å². The van der Waals surface area contributed by atoms with Gasteiger partial charge in [-0.05, 0) is 25.2 Å². The first-order valence-electron chi connectivity index (χ1n) is 7.64. The minimum atomic E-state index is -0.698. The molecule has 0 saturated carbocycles. The van der Waals surface area contributed by atoms with Crippen molar-refractivity contribution >= 4 is 11.8 Å². The molecule has 0 bridgehead atoms. The molecule has 5 nitrogen and oxygen atoms in total. The quantitative estimate of drug-likeness (QED) is 0.688. The Morgan fingerprint density at radius 3 is 2.45 bits per heavy atom. The summed E-state index contributed by atoms with van der Waals surface area (Å²) < 4.78 is 5.59. The van der Waals surface area contributed by atoms with E-state index in [1.165, 1.54) is 0 Å². The number of hydrogen-bond acceptors (Lipinski definition) is 3. The van der Waals surface area contributed by atoms with Gasteiger partial charge in [-0.2, -0.15) is 0 Å². The zero-order valence-corrected chi connectivity index (χ0v) is 13.2. The molecular formula is C15H28N2O3. The molecule has 1 aliphatic heterocycles. The molecule has 2 amide bonds. The topological polar surface area (TPSA) is 58.6 Å². The highest BCUT2D eigenvalue weighted by Gasteiger charge is 2.46. The molecule has 1 fully saturated rings. The third-order valence-electron chi connectivity index (χ3n) is 4.11. The van der Waals surface area contributed by atoms with Crippen LogP contribution in [0, 0.1) is 5.92 Å². The van der Waals surface area contributed by atoms with Gasteiger partial charge < -0.3 is 15.0 Å². The highest BCUT2D eigenvalue weighted by atomic mass is 16.5. The van der Waals surface area contributed by atoms with Gasteiger partial charge in [-0.25, -0.2) is 0 Å². The first-order valence-corrected chi connectivity index (χ1v) is 7.64. The molecule has 116 valence electrons. The standard InChI is InChI=1S/C15H28N2O3/c1-5-15(6-2)14(19)16-11-13(18)17(15)8-10-20-9-7-12(3)4/h12H,5-11H2,1-4H3,(H,16,19). The van der Waals surface area contributed by atoms with Gasteiger partial charge in [0, 0.05) is 13.2 Å². The van der Waals surface area contributed by atoms with E-state index in [1.807, 2.05) is 13.8 Å². The minimum absolute atomic E-state index is 0.0132. The SMILES string of the molecule is CCC1(CC)C(=O)NCC(=O)N1CCOCCC(C)C. The summed E-state index contributed by atoms with van der Waals surface area (Å²) in [6.45, 7) is 10.0. The van der Waals surface area contributed by atoms with Crippen LogP contribution in [-0.2, 0) is 14.3 Å². The van der Waals surface area contributed by atoms with E-state index < -0.39 is 5.54 Å². The number of amides is 2. The van der Waals surface area contributed by atoms with E-state index in [0.29, 0.717) is 38.5 Å². The van der Waals surface area contributed by atoms with Crippen molar-refractivity contribution in [3.05, 3.63) is 0 Å². The van der Waals surface area contributed by atoms with Crippen LogP contribution in [0.1, 0.15) is 47.0 Å². The Bertz CT molecular complexity index is 338. The summed E-state index contributed by atoms with van der Waals surface area (Å²) in [5, 5.41) is 2.70. The molecule has 0 aromatic rings. The summed E-state index contributed by atoms with van der Waals surface area (Å²) in [6.07, 6.45) is 2.28. The van der Waals surface area contributed by atoms with Gasteiger partial charge >= 0.3 is 0 Å². The average molecular weight is 284 g/mol. The van der Waals surface area contributed by atoms with Crippen LogP contribution in [0.2, 0.25) is 0 Å². The highest BCUT2D eigenvalue weighted by Crippen LogP contribution is 2.26. The summed E-state index contributed by atoms with van der Waals surface area (Å²) in [5.41, 5.74) is -0.698. The predicted molar refractivity (Wildman–Crippen MR) is 78.3 cm³/mol. The summed E-state index contributed by atoms with van der Waals surface area (Å²) in [7, 11) is 0. The molecule has 20 heavy (non-hydrogen) atoms. The van der Waals surface area contributed by atoms with Gasteiger partial charge in [0.15, 0.2) is 0 Å². The molecule has 1 heterocycles. The molecule has 0 radical (unpaired) electrons. The van der Waals surface area contributed by atoms with Crippen LogP contribution in [0.15, 0.2) is 0 Å². The fraction of sp³-hybridized carbons (Fsp3) is 0.867. The monoisotopic (exact) mass is 284 g/mol. The number of ether oxygens (including phenoxy) is 1. The van der Waals surface area contributed by atoms with Crippen molar-refractivity contribution in [1.82, 2.24) is 10.2 Å². The van der Waals surface area contributed by atoms with E-state index in [2.05, 4.69) is 19.2 Å². The number of nitrogens with one attached hydrogen (secondary N) is 1. The Morgan fingerprint density at radius 1 is 1.25 bits per heavy atom. The second-order valence-electron chi connectivity index (χ2n) is 5.76. The van der Waals surface area contributed by atoms with Crippen LogP contribution in [0.3, 0.4) is 0 Å². The van der Waals surface area contributed by atoms with E-state index in [4.69, 9.17) is 4.74 Å². The smallest absolute Gasteiger partial charge is 0.246 e. The summed E-state index contributed by atoms with van der Waals surface area (Å²) in [6, 6.07) is 0. The molecule has 1 rings (SSSR count). The Morgan fingerprint density at radius 2 is 1.90 bits per heavy atom. The van der Waals surface area contributed by atoms with Crippen molar-refractivity contribution in [2.24, 2.45) is 5.92 Å². The number of hydrogen-bond donors (Lipinski definition) is 1. The van der Waals surface area contributed by atoms with Gasteiger partial charge in [0.05, 0.1) is 13.2 Å².